The molecule has 0 saturated heterocycles. The van der Waals surface area contributed by atoms with Crippen molar-refractivity contribution in [1.29, 1.82) is 5.26 Å². The van der Waals surface area contributed by atoms with Crippen LogP contribution in [0.5, 0.6) is 11.5 Å². The quantitative estimate of drug-likeness (QED) is 0.800. The minimum Gasteiger partial charge on any atom is -0.493 e. The number of fused-ring (bicyclic) bond motifs is 1. The van der Waals surface area contributed by atoms with Crippen LogP contribution in [0.25, 0.3) is 0 Å². The second-order valence-corrected chi connectivity index (χ2v) is 10.6. The number of hydrogen-bond acceptors (Lipinski definition) is 4. The lowest BCUT2D eigenvalue weighted by Crippen LogP contribution is -2.42. The van der Waals surface area contributed by atoms with E-state index in [1.165, 1.54) is 0 Å². The molecule has 108 valence electrons. The number of rotatable bonds is 4. The van der Waals surface area contributed by atoms with E-state index in [-0.39, 0.29) is 0 Å². The normalized spacial score (nSPS) is 16.4. The van der Waals surface area contributed by atoms with Gasteiger partial charge < -0.3 is 13.9 Å². The van der Waals surface area contributed by atoms with Crippen LogP contribution in [0, 0.1) is 11.3 Å². The molecule has 20 heavy (non-hydrogen) atoms. The Kier molecular flexibility index (Phi) is 3.81. The number of nitrogens with zero attached hydrogens (tertiary/aromatic N) is 1. The maximum Gasteiger partial charge on any atom is 0.185 e. The molecule has 0 spiro atoms. The van der Waals surface area contributed by atoms with E-state index < -0.39 is 13.9 Å². The molecule has 1 aliphatic carbocycles. The standard InChI is InChI=1S/C15H21NO3Si/c1-17-13-6-11-8-15(10-16,19-20(3,4)5)9-12(11)7-14(13)18-2/h6-7H,8-9H2,1-5H3. The minimum absolute atomic E-state index is 0.615. The maximum atomic E-state index is 9.59. The van der Waals surface area contributed by atoms with Crippen molar-refractivity contribution in [3.05, 3.63) is 23.3 Å². The smallest absolute Gasteiger partial charge is 0.185 e. The lowest BCUT2D eigenvalue weighted by Gasteiger charge is -2.29. The first kappa shape index (κ1) is 14.9. The summed E-state index contributed by atoms with van der Waals surface area (Å²) in [4.78, 5) is 0. The molecule has 1 aromatic carbocycles. The van der Waals surface area contributed by atoms with Gasteiger partial charge in [-0.2, -0.15) is 5.26 Å². The first-order chi connectivity index (χ1) is 9.32. The number of nitriles is 1. The van der Waals surface area contributed by atoms with Crippen LogP contribution in [-0.4, -0.2) is 28.1 Å². The monoisotopic (exact) mass is 291 g/mol. The molecule has 0 radical (unpaired) electrons. The summed E-state index contributed by atoms with van der Waals surface area (Å²) >= 11 is 0. The van der Waals surface area contributed by atoms with E-state index in [4.69, 9.17) is 13.9 Å². The Labute approximate surface area is 121 Å². The predicted octanol–water partition coefficient (Wildman–Crippen LogP) is 2.92. The van der Waals surface area contributed by atoms with Gasteiger partial charge in [0.05, 0.1) is 20.3 Å². The largest absolute Gasteiger partial charge is 0.493 e. The molecule has 0 heterocycles. The molecule has 1 aromatic rings. The van der Waals surface area contributed by atoms with E-state index in [0.717, 1.165) is 11.1 Å². The highest BCUT2D eigenvalue weighted by molar-refractivity contribution is 6.69. The highest BCUT2D eigenvalue weighted by Gasteiger charge is 2.42. The molecule has 0 amide bonds. The van der Waals surface area contributed by atoms with Gasteiger partial charge in [0.2, 0.25) is 0 Å². The van der Waals surface area contributed by atoms with Crippen LogP contribution in [-0.2, 0) is 17.3 Å². The Bertz CT molecular complexity index is 524. The Morgan fingerprint density at radius 2 is 1.50 bits per heavy atom. The second kappa shape index (κ2) is 5.11. The van der Waals surface area contributed by atoms with Crippen LogP contribution in [0.15, 0.2) is 12.1 Å². The van der Waals surface area contributed by atoms with Crippen LogP contribution in [0.4, 0.5) is 0 Å². The van der Waals surface area contributed by atoms with Crippen LogP contribution in [0.3, 0.4) is 0 Å². The molecule has 0 bridgehead atoms. The molecule has 0 atom stereocenters. The Morgan fingerprint density at radius 1 is 1.05 bits per heavy atom. The third-order valence-electron chi connectivity index (χ3n) is 3.36. The highest BCUT2D eigenvalue weighted by atomic mass is 28.4. The maximum absolute atomic E-state index is 9.59. The Morgan fingerprint density at radius 3 is 1.80 bits per heavy atom. The molecule has 0 aliphatic heterocycles. The topological polar surface area (TPSA) is 51.5 Å². The molecular formula is C15H21NO3Si. The zero-order valence-electron chi connectivity index (χ0n) is 12.7. The molecule has 0 saturated carbocycles. The van der Waals surface area contributed by atoms with E-state index in [9.17, 15) is 5.26 Å². The summed E-state index contributed by atoms with van der Waals surface area (Å²) in [6, 6.07) is 6.31. The summed E-state index contributed by atoms with van der Waals surface area (Å²) in [6.45, 7) is 6.32. The average Bonchev–Trinajstić information content (AvgIpc) is 2.72. The summed E-state index contributed by atoms with van der Waals surface area (Å²) in [5.74, 6) is 1.40. The third kappa shape index (κ3) is 2.81. The second-order valence-electron chi connectivity index (χ2n) is 6.15. The minimum atomic E-state index is -1.78. The molecular weight excluding hydrogens is 270 g/mol. The number of ether oxygens (including phenoxy) is 2. The van der Waals surface area contributed by atoms with Gasteiger partial charge in [0, 0.05) is 12.8 Å². The third-order valence-corrected chi connectivity index (χ3v) is 4.37. The first-order valence-corrected chi connectivity index (χ1v) is 10.1. The van der Waals surface area contributed by atoms with E-state index in [1.807, 2.05) is 12.1 Å². The Balaban J connectivity index is 2.37. The van der Waals surface area contributed by atoms with Gasteiger partial charge >= 0.3 is 0 Å². The van der Waals surface area contributed by atoms with E-state index in [1.54, 1.807) is 14.2 Å². The zero-order chi connectivity index (χ0) is 15.0. The van der Waals surface area contributed by atoms with Gasteiger partial charge in [0.25, 0.3) is 0 Å². The van der Waals surface area contributed by atoms with Crippen molar-refractivity contribution >= 4 is 8.32 Å². The van der Waals surface area contributed by atoms with Gasteiger partial charge in [-0.1, -0.05) is 0 Å². The van der Waals surface area contributed by atoms with E-state index in [0.29, 0.717) is 24.3 Å². The van der Waals surface area contributed by atoms with Crippen molar-refractivity contribution in [2.24, 2.45) is 0 Å². The summed E-state index contributed by atoms with van der Waals surface area (Å²) in [7, 11) is 1.46. The first-order valence-electron chi connectivity index (χ1n) is 6.68. The molecule has 1 aliphatic rings. The lowest BCUT2D eigenvalue weighted by atomic mass is 10.0. The molecule has 0 unspecified atom stereocenters. The summed E-state index contributed by atoms with van der Waals surface area (Å²) < 4.78 is 16.8. The highest BCUT2D eigenvalue weighted by Crippen LogP contribution is 2.40. The number of benzene rings is 1. The van der Waals surface area contributed by atoms with Crippen LogP contribution < -0.4 is 9.47 Å². The van der Waals surface area contributed by atoms with Crippen LogP contribution >= 0.6 is 0 Å². The SMILES string of the molecule is COc1cc2c(cc1OC)CC(C#N)(O[Si](C)(C)C)C2. The predicted molar refractivity (Wildman–Crippen MR) is 79.7 cm³/mol. The van der Waals surface area contributed by atoms with Crippen molar-refractivity contribution in [2.75, 3.05) is 14.2 Å². The summed E-state index contributed by atoms with van der Waals surface area (Å²) in [6.07, 6.45) is 1.23. The summed E-state index contributed by atoms with van der Waals surface area (Å²) in [5.41, 5.74) is 1.49. The lowest BCUT2D eigenvalue weighted by molar-refractivity contribution is 0.132. The average molecular weight is 291 g/mol. The van der Waals surface area contributed by atoms with Gasteiger partial charge in [-0.15, -0.1) is 0 Å². The van der Waals surface area contributed by atoms with Crippen molar-refractivity contribution in [3.63, 3.8) is 0 Å². The van der Waals surface area contributed by atoms with E-state index in [2.05, 4.69) is 25.7 Å². The molecule has 0 aromatic heterocycles. The number of hydrogen-bond donors (Lipinski definition) is 0. The van der Waals surface area contributed by atoms with Crippen molar-refractivity contribution in [3.8, 4) is 17.6 Å². The fourth-order valence-corrected chi connectivity index (χ4v) is 4.09. The fourth-order valence-electron chi connectivity index (χ4n) is 2.73. The van der Waals surface area contributed by atoms with Crippen LogP contribution in [0.1, 0.15) is 11.1 Å². The molecule has 0 fully saturated rings. The molecule has 4 nitrogen and oxygen atoms in total. The van der Waals surface area contributed by atoms with Gasteiger partial charge in [0.1, 0.15) is 0 Å². The van der Waals surface area contributed by atoms with Gasteiger partial charge in [-0.05, 0) is 42.9 Å². The van der Waals surface area contributed by atoms with Crippen molar-refractivity contribution in [1.82, 2.24) is 0 Å². The fraction of sp³-hybridized carbons (Fsp3) is 0.533. The Hall–Kier alpha value is -1.51. The molecule has 0 N–H and O–H groups in total. The summed E-state index contributed by atoms with van der Waals surface area (Å²) in [5, 5.41) is 9.59. The van der Waals surface area contributed by atoms with E-state index >= 15 is 0 Å². The molecule has 2 rings (SSSR count). The van der Waals surface area contributed by atoms with Crippen LogP contribution in [0.2, 0.25) is 19.6 Å². The van der Waals surface area contributed by atoms with Gasteiger partial charge in [-0.25, -0.2) is 0 Å². The molecule has 5 heteroatoms. The van der Waals surface area contributed by atoms with Crippen molar-refractivity contribution in [2.45, 2.75) is 38.1 Å². The van der Waals surface area contributed by atoms with Crippen molar-refractivity contribution < 1.29 is 13.9 Å². The zero-order valence-corrected chi connectivity index (χ0v) is 13.7. The van der Waals surface area contributed by atoms with Gasteiger partial charge in [-0.3, -0.25) is 0 Å². The van der Waals surface area contributed by atoms with Gasteiger partial charge in [0.15, 0.2) is 25.4 Å². The number of methoxy groups -OCH3 is 2.